The molecule has 5 nitrogen and oxygen atoms in total. The topological polar surface area (TPSA) is 49.9 Å². The van der Waals surface area contributed by atoms with Crippen molar-refractivity contribution in [3.05, 3.63) is 72.3 Å². The molecule has 1 aliphatic heterocycles. The summed E-state index contributed by atoms with van der Waals surface area (Å²) in [5.41, 5.74) is 1.84. The lowest BCUT2D eigenvalue weighted by atomic mass is 10.0. The molecule has 3 aromatic rings. The number of benzene rings is 3. The minimum atomic E-state index is -0.122. The zero-order valence-electron chi connectivity index (χ0n) is 15.8. The fourth-order valence-electron chi connectivity index (χ4n) is 3.57. The summed E-state index contributed by atoms with van der Waals surface area (Å²) in [5.74, 6) is 0.562. The molecule has 0 radical (unpaired) electrons. The Morgan fingerprint density at radius 1 is 1.04 bits per heavy atom. The predicted octanol–water partition coefficient (Wildman–Crippen LogP) is 3.61. The van der Waals surface area contributed by atoms with Gasteiger partial charge in [0.25, 0.3) is 5.91 Å². The molecule has 142 valence electrons. The summed E-state index contributed by atoms with van der Waals surface area (Å²) in [6.07, 6.45) is 0.265. The van der Waals surface area contributed by atoms with Gasteiger partial charge in [-0.2, -0.15) is 0 Å². The fourth-order valence-corrected chi connectivity index (χ4v) is 3.57. The number of anilines is 1. The number of hydrogen-bond acceptors (Lipinski definition) is 3. The van der Waals surface area contributed by atoms with Crippen LogP contribution < -0.4 is 9.64 Å². The highest BCUT2D eigenvalue weighted by Gasteiger charge is 2.25. The first-order valence-corrected chi connectivity index (χ1v) is 9.36. The first kappa shape index (κ1) is 18.0. The minimum absolute atomic E-state index is 0.00436. The van der Waals surface area contributed by atoms with Gasteiger partial charge >= 0.3 is 0 Å². The summed E-state index contributed by atoms with van der Waals surface area (Å²) < 4.78 is 5.45. The van der Waals surface area contributed by atoms with Crippen molar-refractivity contribution in [2.75, 3.05) is 25.1 Å². The lowest BCUT2D eigenvalue weighted by Gasteiger charge is -2.29. The number of hydrogen-bond donors (Lipinski definition) is 0. The molecule has 5 heteroatoms. The highest BCUT2D eigenvalue weighted by molar-refractivity contribution is 5.98. The molecule has 3 aromatic carbocycles. The SMILES string of the molecule is CN(Cc1cccc2ccccc12)C(=O)CCN1C(=O)COc2ccccc21. The summed E-state index contributed by atoms with van der Waals surface area (Å²) in [6, 6.07) is 21.7. The van der Waals surface area contributed by atoms with Crippen LogP contribution >= 0.6 is 0 Å². The molecule has 0 saturated heterocycles. The van der Waals surface area contributed by atoms with Crippen LogP contribution in [-0.2, 0) is 16.1 Å². The van der Waals surface area contributed by atoms with Crippen LogP contribution in [0.3, 0.4) is 0 Å². The van der Waals surface area contributed by atoms with Crippen molar-refractivity contribution in [1.82, 2.24) is 4.90 Å². The molecule has 0 bridgehead atoms. The quantitative estimate of drug-likeness (QED) is 0.685. The number of fused-ring (bicyclic) bond motifs is 2. The van der Waals surface area contributed by atoms with Gasteiger partial charge in [0.15, 0.2) is 6.61 Å². The van der Waals surface area contributed by atoms with Gasteiger partial charge in [-0.1, -0.05) is 54.6 Å². The van der Waals surface area contributed by atoms with E-state index in [9.17, 15) is 9.59 Å². The van der Waals surface area contributed by atoms with Gasteiger partial charge in [0.1, 0.15) is 5.75 Å². The Labute approximate surface area is 164 Å². The van der Waals surface area contributed by atoms with Gasteiger partial charge in [-0.3, -0.25) is 9.59 Å². The monoisotopic (exact) mass is 374 g/mol. The predicted molar refractivity (Wildman–Crippen MR) is 109 cm³/mol. The number of carbonyl (C=O) groups is 2. The van der Waals surface area contributed by atoms with Crippen molar-refractivity contribution in [3.8, 4) is 5.75 Å². The fraction of sp³-hybridized carbons (Fsp3) is 0.217. The van der Waals surface area contributed by atoms with Gasteiger partial charge in [-0.25, -0.2) is 0 Å². The van der Waals surface area contributed by atoms with E-state index in [2.05, 4.69) is 18.2 Å². The summed E-state index contributed by atoms with van der Waals surface area (Å²) in [6.45, 7) is 0.892. The summed E-state index contributed by atoms with van der Waals surface area (Å²) in [7, 11) is 1.80. The van der Waals surface area contributed by atoms with E-state index >= 15 is 0 Å². The smallest absolute Gasteiger partial charge is 0.265 e. The van der Waals surface area contributed by atoms with Crippen molar-refractivity contribution < 1.29 is 14.3 Å². The Balaban J connectivity index is 1.43. The third kappa shape index (κ3) is 3.56. The van der Waals surface area contributed by atoms with Crippen molar-refractivity contribution in [2.45, 2.75) is 13.0 Å². The number of rotatable bonds is 5. The molecular formula is C23H22N2O3. The normalized spacial score (nSPS) is 13.2. The van der Waals surface area contributed by atoms with Crippen LogP contribution in [0.4, 0.5) is 5.69 Å². The molecule has 1 heterocycles. The van der Waals surface area contributed by atoms with Crippen LogP contribution in [0.2, 0.25) is 0 Å². The lowest BCUT2D eigenvalue weighted by Crippen LogP contribution is -2.41. The number of para-hydroxylation sites is 2. The maximum absolute atomic E-state index is 12.7. The lowest BCUT2D eigenvalue weighted by molar-refractivity contribution is -0.130. The molecule has 0 aliphatic carbocycles. The van der Waals surface area contributed by atoms with Crippen LogP contribution in [0.1, 0.15) is 12.0 Å². The van der Waals surface area contributed by atoms with Crippen molar-refractivity contribution in [2.24, 2.45) is 0 Å². The van der Waals surface area contributed by atoms with Crippen LogP contribution in [0, 0.1) is 0 Å². The van der Waals surface area contributed by atoms with Crippen LogP contribution in [0.5, 0.6) is 5.75 Å². The first-order chi connectivity index (χ1) is 13.6. The van der Waals surface area contributed by atoms with Gasteiger partial charge < -0.3 is 14.5 Å². The van der Waals surface area contributed by atoms with E-state index in [0.29, 0.717) is 18.8 Å². The van der Waals surface area contributed by atoms with E-state index in [1.807, 2.05) is 48.5 Å². The summed E-state index contributed by atoms with van der Waals surface area (Å²) >= 11 is 0. The van der Waals surface area contributed by atoms with E-state index in [0.717, 1.165) is 22.0 Å². The molecule has 0 saturated carbocycles. The molecule has 2 amide bonds. The Bertz CT molecular complexity index is 1030. The average Bonchev–Trinajstić information content (AvgIpc) is 2.73. The van der Waals surface area contributed by atoms with Crippen LogP contribution in [-0.4, -0.2) is 36.9 Å². The number of carbonyl (C=O) groups excluding carboxylic acids is 2. The number of nitrogens with zero attached hydrogens (tertiary/aromatic N) is 2. The van der Waals surface area contributed by atoms with Gasteiger partial charge in [0, 0.05) is 26.6 Å². The molecular weight excluding hydrogens is 352 g/mol. The Hall–Kier alpha value is -3.34. The highest BCUT2D eigenvalue weighted by atomic mass is 16.5. The molecule has 0 atom stereocenters. The Morgan fingerprint density at radius 3 is 2.68 bits per heavy atom. The molecule has 0 fully saturated rings. The molecule has 0 spiro atoms. The molecule has 28 heavy (non-hydrogen) atoms. The van der Waals surface area contributed by atoms with Gasteiger partial charge in [-0.05, 0) is 28.5 Å². The maximum atomic E-state index is 12.7. The van der Waals surface area contributed by atoms with E-state index < -0.39 is 0 Å². The van der Waals surface area contributed by atoms with E-state index in [4.69, 9.17) is 4.74 Å². The van der Waals surface area contributed by atoms with Crippen molar-refractivity contribution in [1.29, 1.82) is 0 Å². The van der Waals surface area contributed by atoms with E-state index in [1.54, 1.807) is 16.8 Å². The second-order valence-electron chi connectivity index (χ2n) is 6.94. The summed E-state index contributed by atoms with van der Waals surface area (Å²) in [4.78, 5) is 28.3. The Morgan fingerprint density at radius 2 is 1.79 bits per heavy atom. The largest absolute Gasteiger partial charge is 0.482 e. The van der Waals surface area contributed by atoms with E-state index in [-0.39, 0.29) is 24.8 Å². The third-order valence-electron chi connectivity index (χ3n) is 5.07. The van der Waals surface area contributed by atoms with Gasteiger partial charge in [0.05, 0.1) is 5.69 Å². The zero-order valence-corrected chi connectivity index (χ0v) is 15.8. The minimum Gasteiger partial charge on any atom is -0.482 e. The highest BCUT2D eigenvalue weighted by Crippen LogP contribution is 2.31. The molecule has 0 unspecified atom stereocenters. The Kier molecular flexibility index (Phi) is 4.98. The summed E-state index contributed by atoms with van der Waals surface area (Å²) in [5, 5.41) is 2.32. The molecule has 0 aromatic heterocycles. The van der Waals surface area contributed by atoms with Gasteiger partial charge in [-0.15, -0.1) is 0 Å². The second-order valence-corrected chi connectivity index (χ2v) is 6.94. The first-order valence-electron chi connectivity index (χ1n) is 9.36. The average molecular weight is 374 g/mol. The molecule has 1 aliphatic rings. The zero-order chi connectivity index (χ0) is 19.5. The standard InChI is InChI=1S/C23H22N2O3/c1-24(15-18-9-6-8-17-7-2-3-10-19(17)18)22(26)13-14-25-20-11-4-5-12-21(20)28-16-23(25)27/h2-12H,13-16H2,1H3. The molecule has 0 N–H and O–H groups in total. The second kappa shape index (κ2) is 7.72. The van der Waals surface area contributed by atoms with E-state index in [1.165, 1.54) is 0 Å². The number of amides is 2. The molecule has 4 rings (SSSR count). The van der Waals surface area contributed by atoms with Crippen LogP contribution in [0.15, 0.2) is 66.7 Å². The third-order valence-corrected chi connectivity index (χ3v) is 5.07. The van der Waals surface area contributed by atoms with Gasteiger partial charge in [0.2, 0.25) is 5.91 Å². The van der Waals surface area contributed by atoms with Crippen molar-refractivity contribution >= 4 is 28.3 Å². The van der Waals surface area contributed by atoms with Crippen molar-refractivity contribution in [3.63, 3.8) is 0 Å². The maximum Gasteiger partial charge on any atom is 0.265 e. The number of ether oxygens (including phenoxy) is 1. The van der Waals surface area contributed by atoms with Crippen LogP contribution in [0.25, 0.3) is 10.8 Å².